The van der Waals surface area contributed by atoms with E-state index < -0.39 is 0 Å². The fourth-order valence-corrected chi connectivity index (χ4v) is 4.47. The molecule has 0 radical (unpaired) electrons. The quantitative estimate of drug-likeness (QED) is 0.295. The molecule has 0 atom stereocenters. The molecule has 2 aromatic heterocycles. The molecule has 0 fully saturated rings. The highest BCUT2D eigenvalue weighted by molar-refractivity contribution is 7.99. The SMILES string of the molecule is Cn1c(SC/C(O)=C(\C#N)c2nc3ccccc3s2)nnc1-c1ccccc1. The normalized spacial score (nSPS) is 12.0. The number of allylic oxidation sites excluding steroid dienone is 1. The number of hydrogen-bond acceptors (Lipinski definition) is 7. The van der Waals surface area contributed by atoms with Crippen molar-refractivity contribution >= 4 is 38.9 Å². The van der Waals surface area contributed by atoms with Gasteiger partial charge in [-0.25, -0.2) is 4.98 Å². The van der Waals surface area contributed by atoms with Gasteiger partial charge in [-0.1, -0.05) is 54.2 Å². The van der Waals surface area contributed by atoms with Crippen molar-refractivity contribution in [3.05, 3.63) is 65.4 Å². The Morgan fingerprint density at radius 1 is 1.14 bits per heavy atom. The van der Waals surface area contributed by atoms with Gasteiger partial charge in [0.1, 0.15) is 22.4 Å². The zero-order valence-electron chi connectivity index (χ0n) is 14.9. The van der Waals surface area contributed by atoms with E-state index in [9.17, 15) is 10.4 Å². The van der Waals surface area contributed by atoms with Crippen molar-refractivity contribution in [3.8, 4) is 17.5 Å². The third-order valence-electron chi connectivity index (χ3n) is 4.11. The van der Waals surface area contributed by atoms with Gasteiger partial charge in [0, 0.05) is 12.6 Å². The van der Waals surface area contributed by atoms with Crippen molar-refractivity contribution in [1.82, 2.24) is 19.7 Å². The molecule has 4 aromatic rings. The second kappa shape index (κ2) is 7.84. The second-order valence-corrected chi connectivity index (χ2v) is 7.91. The van der Waals surface area contributed by atoms with Crippen molar-refractivity contribution in [3.63, 3.8) is 0 Å². The summed E-state index contributed by atoms with van der Waals surface area (Å²) in [5.74, 6) is 0.939. The highest BCUT2D eigenvalue weighted by Gasteiger charge is 2.16. The first-order valence-corrected chi connectivity index (χ1v) is 10.2. The molecule has 0 aliphatic rings. The van der Waals surface area contributed by atoms with Crippen LogP contribution < -0.4 is 0 Å². The van der Waals surface area contributed by atoms with Crippen LogP contribution in [0.1, 0.15) is 5.01 Å². The van der Waals surface area contributed by atoms with Gasteiger partial charge in [-0.2, -0.15) is 5.26 Å². The van der Waals surface area contributed by atoms with Crippen LogP contribution >= 0.6 is 23.1 Å². The molecule has 2 heterocycles. The molecule has 0 saturated heterocycles. The fraction of sp³-hybridized carbons (Fsp3) is 0.100. The van der Waals surface area contributed by atoms with Crippen LogP contribution in [0.2, 0.25) is 0 Å². The van der Waals surface area contributed by atoms with E-state index in [1.165, 1.54) is 23.1 Å². The molecule has 4 rings (SSSR count). The molecule has 0 aliphatic heterocycles. The molecule has 138 valence electrons. The van der Waals surface area contributed by atoms with Crippen molar-refractivity contribution in [1.29, 1.82) is 5.26 Å². The summed E-state index contributed by atoms with van der Waals surface area (Å²) in [5.41, 5.74) is 1.98. The van der Waals surface area contributed by atoms with Crippen LogP contribution in [0.4, 0.5) is 0 Å². The van der Waals surface area contributed by atoms with E-state index in [-0.39, 0.29) is 17.1 Å². The lowest BCUT2D eigenvalue weighted by Crippen LogP contribution is -1.97. The van der Waals surface area contributed by atoms with Gasteiger partial charge in [-0.3, -0.25) is 0 Å². The smallest absolute Gasteiger partial charge is 0.191 e. The van der Waals surface area contributed by atoms with E-state index in [0.717, 1.165) is 21.6 Å². The Labute approximate surface area is 169 Å². The van der Waals surface area contributed by atoms with Gasteiger partial charge in [-0.05, 0) is 12.1 Å². The lowest BCUT2D eigenvalue weighted by Gasteiger charge is -2.04. The van der Waals surface area contributed by atoms with Gasteiger partial charge in [0.25, 0.3) is 0 Å². The van der Waals surface area contributed by atoms with Crippen LogP contribution in [0.3, 0.4) is 0 Å². The number of nitriles is 1. The minimum absolute atomic E-state index is 0.0178. The summed E-state index contributed by atoms with van der Waals surface area (Å²) in [6.45, 7) is 0. The van der Waals surface area contributed by atoms with E-state index in [4.69, 9.17) is 0 Å². The highest BCUT2D eigenvalue weighted by Crippen LogP contribution is 2.30. The predicted molar refractivity (Wildman–Crippen MR) is 112 cm³/mol. The molecule has 0 aliphatic carbocycles. The Hall–Kier alpha value is -3.15. The summed E-state index contributed by atoms with van der Waals surface area (Å²) in [4.78, 5) is 4.46. The zero-order valence-corrected chi connectivity index (χ0v) is 16.5. The van der Waals surface area contributed by atoms with Crippen molar-refractivity contribution in [2.24, 2.45) is 7.05 Å². The summed E-state index contributed by atoms with van der Waals surface area (Å²) in [7, 11) is 1.88. The molecule has 1 N–H and O–H groups in total. The molecular weight excluding hydrogens is 390 g/mol. The maximum absolute atomic E-state index is 10.5. The number of thioether (sulfide) groups is 1. The first-order valence-electron chi connectivity index (χ1n) is 8.43. The standard InChI is InChI=1S/C20H15N5OS2/c1-25-18(13-7-3-2-4-8-13)23-24-20(25)27-12-16(26)14(11-21)19-22-15-9-5-6-10-17(15)28-19/h2-10,26H,12H2,1H3/b16-14-. The highest BCUT2D eigenvalue weighted by atomic mass is 32.2. The van der Waals surface area contributed by atoms with Crippen LogP contribution in [0.25, 0.3) is 27.2 Å². The van der Waals surface area contributed by atoms with Crippen LogP contribution in [0, 0.1) is 11.3 Å². The number of aliphatic hydroxyl groups is 1. The van der Waals surface area contributed by atoms with Gasteiger partial charge in [0.05, 0.1) is 16.0 Å². The molecule has 0 spiro atoms. The lowest BCUT2D eigenvalue weighted by atomic mass is 10.2. The number of benzene rings is 2. The topological polar surface area (TPSA) is 87.6 Å². The zero-order chi connectivity index (χ0) is 19.5. The first-order chi connectivity index (χ1) is 13.7. The molecule has 28 heavy (non-hydrogen) atoms. The largest absolute Gasteiger partial charge is 0.510 e. The van der Waals surface area contributed by atoms with Crippen LogP contribution in [-0.4, -0.2) is 30.6 Å². The number of fused-ring (bicyclic) bond motifs is 1. The Kier molecular flexibility index (Phi) is 5.10. The van der Waals surface area contributed by atoms with Gasteiger partial charge in [0.2, 0.25) is 0 Å². The van der Waals surface area contributed by atoms with Gasteiger partial charge in [-0.15, -0.1) is 21.5 Å². The summed E-state index contributed by atoms with van der Waals surface area (Å²) >= 11 is 2.71. The van der Waals surface area contributed by atoms with Gasteiger partial charge in [0.15, 0.2) is 11.0 Å². The average molecular weight is 406 g/mol. The molecule has 0 amide bonds. The minimum atomic E-state index is -0.0178. The van der Waals surface area contributed by atoms with E-state index in [0.29, 0.717) is 10.2 Å². The third kappa shape index (κ3) is 3.50. The molecule has 8 heteroatoms. The predicted octanol–water partition coefficient (Wildman–Crippen LogP) is 4.68. The van der Waals surface area contributed by atoms with E-state index in [2.05, 4.69) is 21.3 Å². The molecular formula is C20H15N5OS2. The van der Waals surface area contributed by atoms with Gasteiger partial charge >= 0.3 is 0 Å². The number of aliphatic hydroxyl groups excluding tert-OH is 1. The van der Waals surface area contributed by atoms with E-state index in [1.807, 2.05) is 66.2 Å². The van der Waals surface area contributed by atoms with Crippen LogP contribution in [0.15, 0.2) is 65.5 Å². The number of para-hydroxylation sites is 1. The number of rotatable bonds is 5. The molecule has 2 aromatic carbocycles. The Bertz CT molecular complexity index is 1170. The van der Waals surface area contributed by atoms with Crippen molar-refractivity contribution in [2.45, 2.75) is 5.16 Å². The van der Waals surface area contributed by atoms with Crippen molar-refractivity contribution in [2.75, 3.05) is 5.75 Å². The Morgan fingerprint density at radius 3 is 2.64 bits per heavy atom. The maximum atomic E-state index is 10.5. The second-order valence-electron chi connectivity index (χ2n) is 5.94. The Balaban J connectivity index is 1.57. The monoisotopic (exact) mass is 405 g/mol. The van der Waals surface area contributed by atoms with E-state index in [1.54, 1.807) is 0 Å². The maximum Gasteiger partial charge on any atom is 0.191 e. The average Bonchev–Trinajstić information content (AvgIpc) is 3.31. The third-order valence-corrected chi connectivity index (χ3v) is 6.20. The lowest BCUT2D eigenvalue weighted by molar-refractivity contribution is 0.420. The summed E-state index contributed by atoms with van der Waals surface area (Å²) in [5, 5.41) is 29.7. The number of hydrogen-bond donors (Lipinski definition) is 1. The number of thiazole rings is 1. The summed E-state index contributed by atoms with van der Waals surface area (Å²) in [6.07, 6.45) is 0. The summed E-state index contributed by atoms with van der Waals surface area (Å²) < 4.78 is 2.85. The van der Waals surface area contributed by atoms with Gasteiger partial charge < -0.3 is 9.67 Å². The van der Waals surface area contributed by atoms with Crippen LogP contribution in [0.5, 0.6) is 0 Å². The van der Waals surface area contributed by atoms with E-state index >= 15 is 0 Å². The molecule has 0 bridgehead atoms. The molecule has 0 unspecified atom stereocenters. The fourth-order valence-electron chi connectivity index (χ4n) is 2.70. The number of nitrogens with zero attached hydrogens (tertiary/aromatic N) is 5. The van der Waals surface area contributed by atoms with Crippen LogP contribution in [-0.2, 0) is 7.05 Å². The summed E-state index contributed by atoms with van der Waals surface area (Å²) in [6, 6.07) is 19.5. The molecule has 0 saturated carbocycles. The Morgan fingerprint density at radius 2 is 1.89 bits per heavy atom. The van der Waals surface area contributed by atoms with Crippen molar-refractivity contribution < 1.29 is 5.11 Å². The minimum Gasteiger partial charge on any atom is -0.510 e. The molecule has 6 nitrogen and oxygen atoms in total. The first kappa shape index (κ1) is 18.2. The number of aromatic nitrogens is 4.